The van der Waals surface area contributed by atoms with Crippen LogP contribution in [0.15, 0.2) is 42.5 Å². The lowest BCUT2D eigenvalue weighted by molar-refractivity contribution is 0.0597. The molecule has 0 amide bonds. The second kappa shape index (κ2) is 6.22. The summed E-state index contributed by atoms with van der Waals surface area (Å²) in [5.74, 6) is 0.118. The van der Waals surface area contributed by atoms with Gasteiger partial charge in [0.25, 0.3) is 0 Å². The third kappa shape index (κ3) is 3.30. The Hall–Kier alpha value is -2.29. The minimum absolute atomic E-state index is 0.121. The third-order valence-electron chi connectivity index (χ3n) is 3.69. The van der Waals surface area contributed by atoms with Crippen molar-refractivity contribution in [2.75, 3.05) is 14.2 Å². The van der Waals surface area contributed by atoms with E-state index in [9.17, 15) is 4.79 Å². The Bertz CT molecular complexity index is 664. The number of ether oxygens (including phenoxy) is 2. The maximum Gasteiger partial charge on any atom is 0.341 e. The lowest BCUT2D eigenvalue weighted by Crippen LogP contribution is -2.10. The molecule has 0 fully saturated rings. The van der Waals surface area contributed by atoms with E-state index in [4.69, 9.17) is 9.47 Å². The van der Waals surface area contributed by atoms with Crippen molar-refractivity contribution in [3.63, 3.8) is 0 Å². The van der Waals surface area contributed by atoms with E-state index in [0.717, 1.165) is 11.1 Å². The van der Waals surface area contributed by atoms with Gasteiger partial charge in [-0.25, -0.2) is 4.79 Å². The van der Waals surface area contributed by atoms with Crippen LogP contribution in [0, 0.1) is 0 Å². The molecule has 0 aromatic heterocycles. The first-order valence-electron chi connectivity index (χ1n) is 7.24. The molecule has 0 aliphatic heterocycles. The van der Waals surface area contributed by atoms with Gasteiger partial charge in [-0.1, -0.05) is 51.1 Å². The molecule has 0 saturated carbocycles. The van der Waals surface area contributed by atoms with Crippen LogP contribution in [-0.4, -0.2) is 20.2 Å². The van der Waals surface area contributed by atoms with Gasteiger partial charge in [0, 0.05) is 0 Å². The van der Waals surface area contributed by atoms with Crippen LogP contribution in [0.2, 0.25) is 0 Å². The summed E-state index contributed by atoms with van der Waals surface area (Å²) in [6.07, 6.45) is 0. The fourth-order valence-corrected chi connectivity index (χ4v) is 2.32. The number of rotatable bonds is 3. The molecule has 22 heavy (non-hydrogen) atoms. The Morgan fingerprint density at radius 2 is 1.50 bits per heavy atom. The number of carbonyl (C=O) groups is 1. The van der Waals surface area contributed by atoms with Crippen LogP contribution in [0.1, 0.15) is 36.7 Å². The van der Waals surface area contributed by atoms with Crippen molar-refractivity contribution in [2.24, 2.45) is 0 Å². The van der Waals surface area contributed by atoms with E-state index in [1.165, 1.54) is 12.7 Å². The smallest absolute Gasteiger partial charge is 0.341 e. The zero-order valence-electron chi connectivity index (χ0n) is 13.8. The van der Waals surface area contributed by atoms with E-state index in [1.807, 2.05) is 6.07 Å². The Kier molecular flexibility index (Phi) is 4.55. The maximum atomic E-state index is 11.9. The van der Waals surface area contributed by atoms with Crippen LogP contribution in [0.4, 0.5) is 0 Å². The van der Waals surface area contributed by atoms with Crippen molar-refractivity contribution in [3.05, 3.63) is 53.6 Å². The van der Waals surface area contributed by atoms with Gasteiger partial charge in [-0.2, -0.15) is 0 Å². The normalized spacial score (nSPS) is 11.1. The highest BCUT2D eigenvalue weighted by Gasteiger charge is 2.15. The summed E-state index contributed by atoms with van der Waals surface area (Å²) >= 11 is 0. The average Bonchev–Trinajstić information content (AvgIpc) is 2.52. The minimum Gasteiger partial charge on any atom is -0.496 e. The molecular weight excluding hydrogens is 276 g/mol. The van der Waals surface area contributed by atoms with Crippen LogP contribution in [-0.2, 0) is 10.2 Å². The molecule has 0 bridgehead atoms. The highest BCUT2D eigenvalue weighted by atomic mass is 16.5. The fraction of sp³-hybridized carbons (Fsp3) is 0.316. The summed E-state index contributed by atoms with van der Waals surface area (Å²) in [4.78, 5) is 11.9. The third-order valence-corrected chi connectivity index (χ3v) is 3.69. The van der Waals surface area contributed by atoms with Crippen LogP contribution in [0.3, 0.4) is 0 Å². The zero-order valence-corrected chi connectivity index (χ0v) is 13.8. The molecule has 0 unspecified atom stereocenters. The molecule has 0 saturated heterocycles. The second-order valence-corrected chi connectivity index (χ2v) is 6.23. The molecule has 0 heterocycles. The van der Waals surface area contributed by atoms with Crippen molar-refractivity contribution in [1.29, 1.82) is 0 Å². The van der Waals surface area contributed by atoms with Gasteiger partial charge < -0.3 is 9.47 Å². The number of hydrogen-bond donors (Lipinski definition) is 0. The topological polar surface area (TPSA) is 35.5 Å². The maximum absolute atomic E-state index is 11.9. The van der Waals surface area contributed by atoms with Crippen molar-refractivity contribution in [1.82, 2.24) is 0 Å². The quantitative estimate of drug-likeness (QED) is 0.785. The van der Waals surface area contributed by atoms with Gasteiger partial charge in [0.05, 0.1) is 14.2 Å². The summed E-state index contributed by atoms with van der Waals surface area (Å²) in [6.45, 7) is 6.56. The van der Waals surface area contributed by atoms with E-state index < -0.39 is 5.97 Å². The van der Waals surface area contributed by atoms with Gasteiger partial charge >= 0.3 is 5.97 Å². The van der Waals surface area contributed by atoms with E-state index in [2.05, 4.69) is 45.0 Å². The first kappa shape index (κ1) is 16.1. The zero-order chi connectivity index (χ0) is 16.3. The van der Waals surface area contributed by atoms with Crippen LogP contribution in [0.25, 0.3) is 11.1 Å². The number of benzene rings is 2. The number of carbonyl (C=O) groups excluding carboxylic acids is 1. The van der Waals surface area contributed by atoms with Gasteiger partial charge in [-0.15, -0.1) is 0 Å². The summed E-state index contributed by atoms with van der Waals surface area (Å²) in [6, 6.07) is 13.9. The molecule has 0 spiro atoms. The average molecular weight is 298 g/mol. The summed E-state index contributed by atoms with van der Waals surface area (Å²) in [5.41, 5.74) is 3.85. The molecule has 0 N–H and O–H groups in total. The molecule has 2 rings (SSSR count). The van der Waals surface area contributed by atoms with Gasteiger partial charge in [-0.05, 0) is 34.2 Å². The predicted molar refractivity (Wildman–Crippen MR) is 88.5 cm³/mol. The SMILES string of the molecule is COC(=O)c1cc(-c2ccc(C(C)(C)C)cc2)ccc1OC. The molecule has 2 aromatic rings. The molecule has 2 aromatic carbocycles. The van der Waals surface area contributed by atoms with Crippen LogP contribution in [0.5, 0.6) is 5.75 Å². The van der Waals surface area contributed by atoms with Gasteiger partial charge in [0.1, 0.15) is 11.3 Å². The molecule has 3 heteroatoms. The molecule has 3 nitrogen and oxygen atoms in total. The van der Waals surface area contributed by atoms with E-state index in [1.54, 1.807) is 19.2 Å². The number of hydrogen-bond acceptors (Lipinski definition) is 3. The summed E-state index contributed by atoms with van der Waals surface area (Å²) in [5, 5.41) is 0. The first-order chi connectivity index (χ1) is 10.4. The lowest BCUT2D eigenvalue weighted by Gasteiger charge is -2.19. The Labute approximate surface area is 131 Å². The second-order valence-electron chi connectivity index (χ2n) is 6.23. The minimum atomic E-state index is -0.398. The van der Waals surface area contributed by atoms with Gasteiger partial charge in [0.15, 0.2) is 0 Å². The largest absolute Gasteiger partial charge is 0.496 e. The van der Waals surface area contributed by atoms with E-state index in [-0.39, 0.29) is 5.41 Å². The molecular formula is C19H22O3. The van der Waals surface area contributed by atoms with E-state index >= 15 is 0 Å². The van der Waals surface area contributed by atoms with Crippen molar-refractivity contribution in [2.45, 2.75) is 26.2 Å². The molecule has 116 valence electrons. The van der Waals surface area contributed by atoms with Gasteiger partial charge in [-0.3, -0.25) is 0 Å². The Balaban J connectivity index is 2.43. The summed E-state index contributed by atoms with van der Waals surface area (Å²) < 4.78 is 10.0. The Morgan fingerprint density at radius 1 is 0.909 bits per heavy atom. The number of esters is 1. The lowest BCUT2D eigenvalue weighted by atomic mass is 9.86. The standard InChI is InChI=1S/C19H22O3/c1-19(2,3)15-9-6-13(7-10-15)14-8-11-17(21-4)16(12-14)18(20)22-5/h6-12H,1-5H3. The monoisotopic (exact) mass is 298 g/mol. The van der Waals surface area contributed by atoms with Crippen LogP contribution >= 0.6 is 0 Å². The molecule has 0 atom stereocenters. The van der Waals surface area contributed by atoms with Crippen LogP contribution < -0.4 is 4.74 Å². The van der Waals surface area contributed by atoms with Crippen molar-refractivity contribution >= 4 is 5.97 Å². The van der Waals surface area contributed by atoms with Crippen molar-refractivity contribution < 1.29 is 14.3 Å². The van der Waals surface area contributed by atoms with Gasteiger partial charge in [0.2, 0.25) is 0 Å². The summed E-state index contributed by atoms with van der Waals surface area (Å²) in [7, 11) is 2.91. The fourth-order valence-electron chi connectivity index (χ4n) is 2.32. The van der Waals surface area contributed by atoms with Crippen molar-refractivity contribution in [3.8, 4) is 16.9 Å². The molecule has 0 aliphatic rings. The molecule has 0 radical (unpaired) electrons. The predicted octanol–water partition coefficient (Wildman–Crippen LogP) is 4.45. The highest BCUT2D eigenvalue weighted by molar-refractivity contribution is 5.94. The van der Waals surface area contributed by atoms with E-state index in [0.29, 0.717) is 11.3 Å². The molecule has 0 aliphatic carbocycles. The highest BCUT2D eigenvalue weighted by Crippen LogP contribution is 2.29. The number of methoxy groups -OCH3 is 2. The Morgan fingerprint density at radius 3 is 2.00 bits per heavy atom. The first-order valence-corrected chi connectivity index (χ1v) is 7.24.